The minimum Gasteiger partial charge on any atom is -0.481 e. The number of carboxylic acids is 1. The van der Waals surface area contributed by atoms with Gasteiger partial charge in [-0.25, -0.2) is 4.39 Å². The summed E-state index contributed by atoms with van der Waals surface area (Å²) in [6, 6.07) is 6.16. The molecule has 0 aromatic heterocycles. The van der Waals surface area contributed by atoms with Gasteiger partial charge in [0.15, 0.2) is 0 Å². The molecule has 1 fully saturated rings. The second kappa shape index (κ2) is 6.47. The lowest BCUT2D eigenvalue weighted by Gasteiger charge is -2.35. The van der Waals surface area contributed by atoms with Crippen LogP contribution in [0.4, 0.5) is 4.39 Å². The maximum atomic E-state index is 12.7. The lowest BCUT2D eigenvalue weighted by molar-refractivity contribution is -0.148. The van der Waals surface area contributed by atoms with Crippen molar-refractivity contribution in [3.63, 3.8) is 0 Å². The van der Waals surface area contributed by atoms with Crippen molar-refractivity contribution < 1.29 is 19.1 Å². The molecule has 108 valence electrons. The van der Waals surface area contributed by atoms with Crippen LogP contribution in [-0.4, -0.2) is 48.1 Å². The van der Waals surface area contributed by atoms with E-state index >= 15 is 0 Å². The Kier molecular flexibility index (Phi) is 4.68. The van der Waals surface area contributed by atoms with Gasteiger partial charge in [-0.1, -0.05) is 12.1 Å². The number of nitrogens with zero attached hydrogens (tertiary/aromatic N) is 1. The van der Waals surface area contributed by atoms with E-state index in [4.69, 9.17) is 5.11 Å². The summed E-state index contributed by atoms with van der Waals surface area (Å²) in [6.45, 7) is 1.58. The predicted octanol–water partition coefficient (Wildman–Crippen LogP) is 0.501. The molecular weight excluding hydrogens is 263 g/mol. The highest BCUT2D eigenvalue weighted by Crippen LogP contribution is 2.14. The van der Waals surface area contributed by atoms with Crippen molar-refractivity contribution in [2.24, 2.45) is 5.92 Å². The number of likely N-dealkylation sites (tertiary alicyclic amines) is 1. The second-order valence-electron chi connectivity index (χ2n) is 4.96. The van der Waals surface area contributed by atoms with Gasteiger partial charge in [-0.2, -0.15) is 0 Å². The summed E-state index contributed by atoms with van der Waals surface area (Å²) in [7, 11) is 0. The van der Waals surface area contributed by atoms with E-state index in [2.05, 4.69) is 5.32 Å². The highest BCUT2D eigenvalue weighted by Gasteiger charge is 2.33. The minimum atomic E-state index is -0.807. The molecule has 1 heterocycles. The number of carboxylic acid groups (broad SMARTS) is 1. The van der Waals surface area contributed by atoms with Crippen molar-refractivity contribution in [1.82, 2.24) is 10.2 Å². The van der Waals surface area contributed by atoms with E-state index in [9.17, 15) is 14.0 Å². The molecule has 0 unspecified atom stereocenters. The van der Waals surface area contributed by atoms with Gasteiger partial charge in [-0.3, -0.25) is 14.5 Å². The number of hydrogen-bond donors (Lipinski definition) is 2. The molecule has 20 heavy (non-hydrogen) atoms. The zero-order valence-corrected chi connectivity index (χ0v) is 11.0. The Bertz CT molecular complexity index is 484. The molecule has 1 aromatic carbocycles. The fraction of sp³-hybridized carbons (Fsp3) is 0.429. The molecule has 0 aliphatic carbocycles. The Morgan fingerprint density at radius 1 is 1.30 bits per heavy atom. The molecule has 2 rings (SSSR count). The number of halogens is 1. The van der Waals surface area contributed by atoms with Crippen LogP contribution in [0.2, 0.25) is 0 Å². The van der Waals surface area contributed by atoms with Crippen molar-refractivity contribution in [2.45, 2.75) is 6.42 Å². The van der Waals surface area contributed by atoms with Crippen LogP contribution < -0.4 is 5.32 Å². The van der Waals surface area contributed by atoms with Crippen molar-refractivity contribution in [2.75, 3.05) is 26.2 Å². The maximum Gasteiger partial charge on any atom is 0.309 e. The summed E-state index contributed by atoms with van der Waals surface area (Å²) in [5.74, 6) is -1.54. The van der Waals surface area contributed by atoms with Crippen LogP contribution >= 0.6 is 0 Å². The monoisotopic (exact) mass is 280 g/mol. The Morgan fingerprint density at radius 2 is 1.95 bits per heavy atom. The molecule has 1 amide bonds. The van der Waals surface area contributed by atoms with E-state index in [1.807, 2.05) is 0 Å². The van der Waals surface area contributed by atoms with Crippen LogP contribution in [0.15, 0.2) is 24.3 Å². The summed E-state index contributed by atoms with van der Waals surface area (Å²) in [4.78, 5) is 24.0. The topological polar surface area (TPSA) is 69.6 Å². The second-order valence-corrected chi connectivity index (χ2v) is 4.96. The summed E-state index contributed by atoms with van der Waals surface area (Å²) >= 11 is 0. The zero-order chi connectivity index (χ0) is 14.5. The molecule has 6 heteroatoms. The lowest BCUT2D eigenvalue weighted by atomic mass is 10.0. The number of carbonyl (C=O) groups excluding carboxylic acids is 1. The van der Waals surface area contributed by atoms with Gasteiger partial charge >= 0.3 is 5.97 Å². The van der Waals surface area contributed by atoms with Gasteiger partial charge in [0.2, 0.25) is 5.91 Å². The molecule has 2 N–H and O–H groups in total. The number of aliphatic carboxylic acids is 1. The molecule has 1 aromatic rings. The fourth-order valence-corrected chi connectivity index (χ4v) is 2.11. The standard InChI is InChI=1S/C14H17FN2O3/c15-12-3-1-10(2-4-12)5-6-16-13(18)9-17-7-11(8-17)14(19)20/h1-4,11H,5-9H2,(H,16,18)(H,19,20). The molecule has 1 aliphatic rings. The fourth-order valence-electron chi connectivity index (χ4n) is 2.11. The number of carbonyl (C=O) groups is 2. The van der Waals surface area contributed by atoms with Gasteiger partial charge in [-0.05, 0) is 24.1 Å². The van der Waals surface area contributed by atoms with E-state index in [-0.39, 0.29) is 24.2 Å². The molecule has 1 aliphatic heterocycles. The number of amides is 1. The quantitative estimate of drug-likeness (QED) is 0.796. The average molecular weight is 280 g/mol. The number of benzene rings is 1. The predicted molar refractivity (Wildman–Crippen MR) is 70.7 cm³/mol. The Morgan fingerprint density at radius 3 is 2.55 bits per heavy atom. The summed E-state index contributed by atoms with van der Waals surface area (Å²) in [5, 5.41) is 11.5. The van der Waals surface area contributed by atoms with E-state index < -0.39 is 5.97 Å². The van der Waals surface area contributed by atoms with E-state index in [0.29, 0.717) is 26.1 Å². The molecule has 0 saturated carbocycles. The summed E-state index contributed by atoms with van der Waals surface area (Å²) in [6.07, 6.45) is 0.643. The van der Waals surface area contributed by atoms with Gasteiger partial charge < -0.3 is 10.4 Å². The molecule has 0 radical (unpaired) electrons. The highest BCUT2D eigenvalue weighted by molar-refractivity contribution is 5.79. The minimum absolute atomic E-state index is 0.115. The van der Waals surface area contributed by atoms with Gasteiger partial charge in [-0.15, -0.1) is 0 Å². The van der Waals surface area contributed by atoms with Gasteiger partial charge in [0.25, 0.3) is 0 Å². The molecule has 1 saturated heterocycles. The van der Waals surface area contributed by atoms with Crippen LogP contribution in [0, 0.1) is 11.7 Å². The maximum absolute atomic E-state index is 12.7. The summed E-state index contributed by atoms with van der Waals surface area (Å²) < 4.78 is 12.7. The van der Waals surface area contributed by atoms with Crippen molar-refractivity contribution >= 4 is 11.9 Å². The smallest absolute Gasteiger partial charge is 0.309 e. The molecule has 0 bridgehead atoms. The van der Waals surface area contributed by atoms with E-state index in [1.165, 1.54) is 12.1 Å². The van der Waals surface area contributed by atoms with E-state index in [0.717, 1.165) is 5.56 Å². The van der Waals surface area contributed by atoms with Crippen molar-refractivity contribution in [3.05, 3.63) is 35.6 Å². The average Bonchev–Trinajstić information content (AvgIpc) is 2.35. The first-order valence-corrected chi connectivity index (χ1v) is 6.51. The first-order valence-electron chi connectivity index (χ1n) is 6.51. The third kappa shape index (κ3) is 4.03. The van der Waals surface area contributed by atoms with Gasteiger partial charge in [0.05, 0.1) is 12.5 Å². The highest BCUT2D eigenvalue weighted by atomic mass is 19.1. The van der Waals surface area contributed by atoms with Crippen molar-refractivity contribution in [1.29, 1.82) is 0 Å². The third-order valence-corrected chi connectivity index (χ3v) is 3.32. The molecule has 0 spiro atoms. The van der Waals surface area contributed by atoms with Crippen molar-refractivity contribution in [3.8, 4) is 0 Å². The normalized spacial score (nSPS) is 15.7. The van der Waals surface area contributed by atoms with Crippen LogP contribution in [0.25, 0.3) is 0 Å². The van der Waals surface area contributed by atoms with Crippen LogP contribution in [0.3, 0.4) is 0 Å². The SMILES string of the molecule is O=C(CN1CC(C(=O)O)C1)NCCc1ccc(F)cc1. The first kappa shape index (κ1) is 14.5. The van der Waals surface area contributed by atoms with Gasteiger partial charge in [0.1, 0.15) is 5.82 Å². The number of rotatable bonds is 6. The van der Waals surface area contributed by atoms with Gasteiger partial charge in [0, 0.05) is 19.6 Å². The Labute approximate surface area is 116 Å². The first-order chi connectivity index (χ1) is 9.54. The Balaban J connectivity index is 1.61. The van der Waals surface area contributed by atoms with Crippen LogP contribution in [-0.2, 0) is 16.0 Å². The zero-order valence-electron chi connectivity index (χ0n) is 11.0. The third-order valence-electron chi connectivity index (χ3n) is 3.32. The largest absolute Gasteiger partial charge is 0.481 e. The lowest BCUT2D eigenvalue weighted by Crippen LogP contribution is -2.53. The number of nitrogens with one attached hydrogen (secondary N) is 1. The molecule has 0 atom stereocenters. The Hall–Kier alpha value is -1.95. The van der Waals surface area contributed by atoms with E-state index in [1.54, 1.807) is 17.0 Å². The van der Waals surface area contributed by atoms with Crippen LogP contribution in [0.5, 0.6) is 0 Å². The summed E-state index contributed by atoms with van der Waals surface area (Å²) in [5.41, 5.74) is 0.960. The van der Waals surface area contributed by atoms with Crippen LogP contribution in [0.1, 0.15) is 5.56 Å². The number of hydrogen-bond acceptors (Lipinski definition) is 3. The molecule has 5 nitrogen and oxygen atoms in total. The molecular formula is C14H17FN2O3.